The fourth-order valence-electron chi connectivity index (χ4n) is 2.19. The van der Waals surface area contributed by atoms with Gasteiger partial charge in [0.05, 0.1) is 0 Å². The van der Waals surface area contributed by atoms with E-state index >= 15 is 0 Å². The second-order valence-corrected chi connectivity index (χ2v) is 5.48. The molecule has 5 heteroatoms. The summed E-state index contributed by atoms with van der Waals surface area (Å²) in [7, 11) is 0. The summed E-state index contributed by atoms with van der Waals surface area (Å²) in [5, 5.41) is 7.18. The molecule has 0 bridgehead atoms. The van der Waals surface area contributed by atoms with Crippen LogP contribution in [0.3, 0.4) is 0 Å². The second kappa shape index (κ2) is 6.41. The number of anilines is 1. The largest absolute Gasteiger partial charge is 0.326 e. The van der Waals surface area contributed by atoms with Gasteiger partial charge in [-0.05, 0) is 50.0 Å². The molecule has 1 heterocycles. The molecule has 3 nitrogen and oxygen atoms in total. The highest BCUT2D eigenvalue weighted by atomic mass is 35.5. The average Bonchev–Trinajstić information content (AvgIpc) is 2.28. The van der Waals surface area contributed by atoms with Crippen LogP contribution in [-0.4, -0.2) is 19.0 Å². The van der Waals surface area contributed by atoms with Gasteiger partial charge in [0, 0.05) is 22.2 Å². The van der Waals surface area contributed by atoms with Crippen LogP contribution < -0.4 is 10.6 Å². The quantitative estimate of drug-likeness (QED) is 0.895. The summed E-state index contributed by atoms with van der Waals surface area (Å²) in [5.41, 5.74) is 0.659. The number of halogens is 2. The maximum absolute atomic E-state index is 11.9. The summed E-state index contributed by atoms with van der Waals surface area (Å²) in [6, 6.07) is 5.05. The normalized spacial score (nSPS) is 16.6. The summed E-state index contributed by atoms with van der Waals surface area (Å²) in [4.78, 5) is 11.9. The Morgan fingerprint density at radius 1 is 1.22 bits per heavy atom. The molecule has 0 radical (unpaired) electrons. The van der Waals surface area contributed by atoms with E-state index in [0.29, 0.717) is 28.1 Å². The van der Waals surface area contributed by atoms with E-state index in [-0.39, 0.29) is 5.91 Å². The van der Waals surface area contributed by atoms with Crippen LogP contribution in [0, 0.1) is 5.92 Å². The van der Waals surface area contributed by atoms with E-state index in [1.807, 2.05) is 0 Å². The van der Waals surface area contributed by atoms with Crippen LogP contribution in [0.1, 0.15) is 19.3 Å². The third-order valence-electron chi connectivity index (χ3n) is 3.08. The lowest BCUT2D eigenvalue weighted by atomic mass is 9.94. The minimum Gasteiger partial charge on any atom is -0.326 e. The molecule has 98 valence electrons. The highest BCUT2D eigenvalue weighted by Crippen LogP contribution is 2.23. The lowest BCUT2D eigenvalue weighted by Crippen LogP contribution is -2.30. The first kappa shape index (κ1) is 13.7. The van der Waals surface area contributed by atoms with Crippen molar-refractivity contribution < 1.29 is 4.79 Å². The molecule has 0 aliphatic carbocycles. The Morgan fingerprint density at radius 2 is 1.83 bits per heavy atom. The Hall–Kier alpha value is -0.770. The Labute approximate surface area is 117 Å². The molecule has 2 N–H and O–H groups in total. The summed E-state index contributed by atoms with van der Waals surface area (Å²) >= 11 is 11.8. The Morgan fingerprint density at radius 3 is 2.44 bits per heavy atom. The molecule has 0 unspecified atom stereocenters. The Balaban J connectivity index is 1.89. The van der Waals surface area contributed by atoms with E-state index in [4.69, 9.17) is 23.2 Å². The van der Waals surface area contributed by atoms with Crippen molar-refractivity contribution in [1.29, 1.82) is 0 Å². The minimum absolute atomic E-state index is 0.0280. The Kier molecular flexibility index (Phi) is 4.87. The van der Waals surface area contributed by atoms with Crippen molar-refractivity contribution in [2.75, 3.05) is 18.4 Å². The monoisotopic (exact) mass is 286 g/mol. The molecule has 18 heavy (non-hydrogen) atoms. The molecule has 1 saturated heterocycles. The van der Waals surface area contributed by atoms with Gasteiger partial charge in [-0.15, -0.1) is 0 Å². The second-order valence-electron chi connectivity index (χ2n) is 4.60. The van der Waals surface area contributed by atoms with E-state index in [1.54, 1.807) is 18.2 Å². The van der Waals surface area contributed by atoms with Crippen LogP contribution in [0.4, 0.5) is 5.69 Å². The van der Waals surface area contributed by atoms with Gasteiger partial charge >= 0.3 is 0 Å². The van der Waals surface area contributed by atoms with Crippen molar-refractivity contribution in [2.24, 2.45) is 5.92 Å². The van der Waals surface area contributed by atoms with Gasteiger partial charge in [-0.2, -0.15) is 0 Å². The molecule has 0 saturated carbocycles. The van der Waals surface area contributed by atoms with E-state index < -0.39 is 0 Å². The highest BCUT2D eigenvalue weighted by Gasteiger charge is 2.16. The van der Waals surface area contributed by atoms with Gasteiger partial charge in [0.1, 0.15) is 0 Å². The summed E-state index contributed by atoms with van der Waals surface area (Å²) in [5.74, 6) is 0.501. The molecule has 0 atom stereocenters. The number of hydrogen-bond acceptors (Lipinski definition) is 2. The first-order valence-electron chi connectivity index (χ1n) is 6.10. The third-order valence-corrected chi connectivity index (χ3v) is 3.52. The molecule has 2 rings (SSSR count). The number of piperidine rings is 1. The molecular weight excluding hydrogens is 271 g/mol. The minimum atomic E-state index is 0.0280. The van der Waals surface area contributed by atoms with E-state index in [9.17, 15) is 4.79 Å². The summed E-state index contributed by atoms with van der Waals surface area (Å²) in [6.45, 7) is 2.00. The molecule has 0 spiro atoms. The Bertz CT molecular complexity index is 411. The van der Waals surface area contributed by atoms with Crippen molar-refractivity contribution in [1.82, 2.24) is 5.32 Å². The van der Waals surface area contributed by atoms with E-state index in [1.165, 1.54) is 0 Å². The van der Waals surface area contributed by atoms with Crippen LogP contribution >= 0.6 is 23.2 Å². The molecule has 1 fully saturated rings. The fraction of sp³-hybridized carbons (Fsp3) is 0.462. The topological polar surface area (TPSA) is 41.1 Å². The summed E-state index contributed by atoms with van der Waals surface area (Å²) < 4.78 is 0. The zero-order valence-electron chi connectivity index (χ0n) is 10.0. The molecule has 0 aromatic heterocycles. The van der Waals surface area contributed by atoms with Gasteiger partial charge in [0.15, 0.2) is 0 Å². The van der Waals surface area contributed by atoms with Crippen LogP contribution in [-0.2, 0) is 4.79 Å². The highest BCUT2D eigenvalue weighted by molar-refractivity contribution is 6.35. The van der Waals surface area contributed by atoms with Crippen LogP contribution in [0.5, 0.6) is 0 Å². The van der Waals surface area contributed by atoms with Crippen LogP contribution in [0.2, 0.25) is 10.0 Å². The number of rotatable bonds is 3. The van der Waals surface area contributed by atoms with E-state index in [2.05, 4.69) is 10.6 Å². The molecule has 1 aromatic rings. The predicted molar refractivity (Wildman–Crippen MR) is 75.3 cm³/mol. The van der Waals surface area contributed by atoms with Crippen molar-refractivity contribution in [3.63, 3.8) is 0 Å². The van der Waals surface area contributed by atoms with Crippen LogP contribution in [0.25, 0.3) is 0 Å². The van der Waals surface area contributed by atoms with Gasteiger partial charge in [0.25, 0.3) is 0 Å². The van der Waals surface area contributed by atoms with Gasteiger partial charge in [0.2, 0.25) is 5.91 Å². The number of benzene rings is 1. The number of carbonyl (C=O) groups excluding carboxylic acids is 1. The van der Waals surface area contributed by atoms with Crippen LogP contribution in [0.15, 0.2) is 18.2 Å². The first-order valence-corrected chi connectivity index (χ1v) is 6.86. The molecule has 1 aromatic carbocycles. The molecular formula is C13H16Cl2N2O. The smallest absolute Gasteiger partial charge is 0.224 e. The van der Waals surface area contributed by atoms with Gasteiger partial charge in [-0.25, -0.2) is 0 Å². The lowest BCUT2D eigenvalue weighted by molar-refractivity contribution is -0.117. The third kappa shape index (κ3) is 4.16. The first-order chi connectivity index (χ1) is 8.63. The van der Waals surface area contributed by atoms with Gasteiger partial charge in [-0.3, -0.25) is 4.79 Å². The average molecular weight is 287 g/mol. The predicted octanol–water partition coefficient (Wildman–Crippen LogP) is 3.32. The number of hydrogen-bond donors (Lipinski definition) is 2. The molecule has 1 amide bonds. The van der Waals surface area contributed by atoms with Crippen molar-refractivity contribution in [3.8, 4) is 0 Å². The van der Waals surface area contributed by atoms with Gasteiger partial charge < -0.3 is 10.6 Å². The number of nitrogens with one attached hydrogen (secondary N) is 2. The van der Waals surface area contributed by atoms with Crippen molar-refractivity contribution in [2.45, 2.75) is 19.3 Å². The molecule has 1 aliphatic heterocycles. The fourth-order valence-corrected chi connectivity index (χ4v) is 2.71. The zero-order valence-corrected chi connectivity index (χ0v) is 11.5. The van der Waals surface area contributed by atoms with Crippen molar-refractivity contribution in [3.05, 3.63) is 28.2 Å². The SMILES string of the molecule is O=C(CC1CCNCC1)Nc1cc(Cl)cc(Cl)c1. The standard InChI is InChI=1S/C13H16Cl2N2O/c14-10-6-11(15)8-12(7-10)17-13(18)5-9-1-3-16-4-2-9/h6-9,16H,1-5H2,(H,17,18). The number of amides is 1. The maximum Gasteiger partial charge on any atom is 0.224 e. The lowest BCUT2D eigenvalue weighted by Gasteiger charge is -2.21. The van der Waals surface area contributed by atoms with Gasteiger partial charge in [-0.1, -0.05) is 23.2 Å². The van der Waals surface area contributed by atoms with E-state index in [0.717, 1.165) is 25.9 Å². The van der Waals surface area contributed by atoms with Crippen molar-refractivity contribution >= 4 is 34.8 Å². The molecule has 1 aliphatic rings. The maximum atomic E-state index is 11.9. The summed E-state index contributed by atoms with van der Waals surface area (Å²) in [6.07, 6.45) is 2.68. The number of carbonyl (C=O) groups is 1. The zero-order chi connectivity index (χ0) is 13.0.